The fourth-order valence-electron chi connectivity index (χ4n) is 7.55. The van der Waals surface area contributed by atoms with E-state index in [9.17, 15) is 0 Å². The van der Waals surface area contributed by atoms with Crippen LogP contribution in [0.25, 0.3) is 88.5 Å². The summed E-state index contributed by atoms with van der Waals surface area (Å²) in [5, 5.41) is 5.88. The molecule has 0 radical (unpaired) electrons. The lowest BCUT2D eigenvalue weighted by atomic mass is 10.0. The molecule has 4 nitrogen and oxygen atoms in total. The Bertz CT molecular complexity index is 2860. The molecule has 4 heteroatoms. The molecule has 49 heavy (non-hydrogen) atoms. The van der Waals surface area contributed by atoms with Crippen molar-refractivity contribution in [3.63, 3.8) is 0 Å². The van der Waals surface area contributed by atoms with Gasteiger partial charge < -0.3 is 4.57 Å². The molecule has 0 aliphatic carbocycles. The van der Waals surface area contributed by atoms with Crippen LogP contribution in [0.1, 0.15) is 5.56 Å². The van der Waals surface area contributed by atoms with Gasteiger partial charge in [0.1, 0.15) is 0 Å². The van der Waals surface area contributed by atoms with Gasteiger partial charge in [0.15, 0.2) is 0 Å². The third-order valence-electron chi connectivity index (χ3n) is 9.80. The van der Waals surface area contributed by atoms with E-state index in [1.807, 2.05) is 0 Å². The summed E-state index contributed by atoms with van der Waals surface area (Å²) in [5.74, 6) is 0.659. The van der Waals surface area contributed by atoms with Crippen LogP contribution in [0.2, 0.25) is 0 Å². The largest absolute Gasteiger partial charge is 0.309 e. The van der Waals surface area contributed by atoms with Crippen molar-refractivity contribution in [3.05, 3.63) is 169 Å². The minimum atomic E-state index is 0.659. The van der Waals surface area contributed by atoms with E-state index in [1.165, 1.54) is 43.7 Å². The maximum atomic E-state index is 5.40. The van der Waals surface area contributed by atoms with Gasteiger partial charge in [0, 0.05) is 38.2 Å². The van der Waals surface area contributed by atoms with E-state index in [-0.39, 0.29) is 0 Å². The molecule has 0 aliphatic heterocycles. The van der Waals surface area contributed by atoms with Crippen molar-refractivity contribution in [2.75, 3.05) is 0 Å². The van der Waals surface area contributed by atoms with E-state index >= 15 is 0 Å². The molecule has 0 amide bonds. The van der Waals surface area contributed by atoms with Crippen molar-refractivity contribution < 1.29 is 0 Å². The summed E-state index contributed by atoms with van der Waals surface area (Å²) in [7, 11) is 0. The zero-order chi connectivity index (χ0) is 32.5. The number of rotatable bonds is 4. The highest BCUT2D eigenvalue weighted by Gasteiger charge is 2.22. The molecule has 7 aromatic carbocycles. The maximum Gasteiger partial charge on any atom is 0.235 e. The monoisotopic (exact) mass is 626 g/mol. The quantitative estimate of drug-likeness (QED) is 0.195. The first kappa shape index (κ1) is 27.6. The third kappa shape index (κ3) is 4.24. The first-order valence-corrected chi connectivity index (χ1v) is 16.7. The highest BCUT2D eigenvalue weighted by Crippen LogP contribution is 2.42. The van der Waals surface area contributed by atoms with Gasteiger partial charge in [0.25, 0.3) is 0 Å². The summed E-state index contributed by atoms with van der Waals surface area (Å²) in [6.07, 6.45) is 0. The Morgan fingerprint density at radius 1 is 0.408 bits per heavy atom. The van der Waals surface area contributed by atoms with Crippen molar-refractivity contribution in [2.24, 2.45) is 0 Å². The molecule has 230 valence electrons. The SMILES string of the molecule is Cc1ccc(-n2c3ccccc3c3c4c5ccccc5n(-c5nc(-c6ccccc6)c6cc(-c7ccccc7)ccc6n5)c4ccc32)cc1. The Balaban J connectivity index is 1.30. The molecule has 0 fully saturated rings. The van der Waals surface area contributed by atoms with Crippen LogP contribution in [0, 0.1) is 6.92 Å². The summed E-state index contributed by atoms with van der Waals surface area (Å²) in [6.45, 7) is 2.13. The molecular weight excluding hydrogens is 597 g/mol. The fourth-order valence-corrected chi connectivity index (χ4v) is 7.55. The van der Waals surface area contributed by atoms with Gasteiger partial charge >= 0.3 is 0 Å². The van der Waals surface area contributed by atoms with Crippen molar-refractivity contribution in [2.45, 2.75) is 6.92 Å². The summed E-state index contributed by atoms with van der Waals surface area (Å²) in [5.41, 5.74) is 12.1. The standard InChI is InChI=1S/C45H30N4/c1-29-20-23-33(24-21-29)48-38-18-10-8-16-34(38)42-40(48)26-27-41-43(42)35-17-9-11-19-39(35)49(41)45-46-37-25-22-32(30-12-4-2-5-13-30)28-36(37)44(47-45)31-14-6-3-7-15-31/h2-28H,1H3. The summed E-state index contributed by atoms with van der Waals surface area (Å²) >= 11 is 0. The Labute approximate surface area is 283 Å². The van der Waals surface area contributed by atoms with Crippen LogP contribution < -0.4 is 0 Å². The molecule has 0 saturated heterocycles. The average molecular weight is 627 g/mol. The number of aryl methyl sites for hydroxylation is 1. The number of aromatic nitrogens is 4. The molecule has 0 N–H and O–H groups in total. The second-order valence-corrected chi connectivity index (χ2v) is 12.7. The molecule has 10 aromatic rings. The Kier molecular flexibility index (Phi) is 6.06. The third-order valence-corrected chi connectivity index (χ3v) is 9.80. The minimum absolute atomic E-state index is 0.659. The van der Waals surface area contributed by atoms with E-state index in [4.69, 9.17) is 9.97 Å². The highest BCUT2D eigenvalue weighted by molar-refractivity contribution is 6.28. The fraction of sp³-hybridized carbons (Fsp3) is 0.0222. The molecule has 0 spiro atoms. The lowest BCUT2D eigenvalue weighted by Gasteiger charge is -2.13. The first-order valence-electron chi connectivity index (χ1n) is 16.7. The van der Waals surface area contributed by atoms with Gasteiger partial charge in [-0.05, 0) is 66.6 Å². The molecule has 10 rings (SSSR count). The highest BCUT2D eigenvalue weighted by atomic mass is 15.2. The number of hydrogen-bond donors (Lipinski definition) is 0. The number of fused-ring (bicyclic) bond motifs is 8. The van der Waals surface area contributed by atoms with Gasteiger partial charge in [-0.25, -0.2) is 9.97 Å². The first-order chi connectivity index (χ1) is 24.2. The lowest BCUT2D eigenvalue weighted by molar-refractivity contribution is 1.01. The van der Waals surface area contributed by atoms with Gasteiger partial charge in [0.2, 0.25) is 5.95 Å². The zero-order valence-corrected chi connectivity index (χ0v) is 26.9. The molecule has 0 atom stereocenters. The molecule has 0 unspecified atom stereocenters. The topological polar surface area (TPSA) is 35.6 Å². The average Bonchev–Trinajstić information content (AvgIpc) is 3.68. The van der Waals surface area contributed by atoms with Crippen molar-refractivity contribution >= 4 is 54.5 Å². The van der Waals surface area contributed by atoms with Crippen LogP contribution in [0.5, 0.6) is 0 Å². The molecular formula is C45H30N4. The van der Waals surface area contributed by atoms with Crippen LogP contribution >= 0.6 is 0 Å². The van der Waals surface area contributed by atoms with E-state index in [1.54, 1.807) is 0 Å². The normalized spacial score (nSPS) is 11.8. The van der Waals surface area contributed by atoms with Gasteiger partial charge in [-0.15, -0.1) is 0 Å². The smallest absolute Gasteiger partial charge is 0.235 e. The van der Waals surface area contributed by atoms with Crippen molar-refractivity contribution in [3.8, 4) is 34.0 Å². The van der Waals surface area contributed by atoms with Crippen LogP contribution in [-0.2, 0) is 0 Å². The van der Waals surface area contributed by atoms with E-state index in [0.717, 1.165) is 44.4 Å². The number of nitrogens with zero attached hydrogens (tertiary/aromatic N) is 4. The zero-order valence-electron chi connectivity index (χ0n) is 26.9. The van der Waals surface area contributed by atoms with Crippen LogP contribution in [-0.4, -0.2) is 19.1 Å². The van der Waals surface area contributed by atoms with Gasteiger partial charge in [-0.3, -0.25) is 4.57 Å². The lowest BCUT2D eigenvalue weighted by Crippen LogP contribution is -2.03. The Morgan fingerprint density at radius 2 is 0.980 bits per heavy atom. The number of hydrogen-bond acceptors (Lipinski definition) is 2. The maximum absolute atomic E-state index is 5.40. The predicted octanol–water partition coefficient (Wildman–Crippen LogP) is 11.5. The molecule has 0 saturated carbocycles. The Morgan fingerprint density at radius 3 is 1.65 bits per heavy atom. The molecule has 0 aliphatic rings. The van der Waals surface area contributed by atoms with Gasteiger partial charge in [-0.1, -0.05) is 121 Å². The van der Waals surface area contributed by atoms with Gasteiger partial charge in [-0.2, -0.15) is 0 Å². The number of para-hydroxylation sites is 2. The second kappa shape index (κ2) is 10.8. The van der Waals surface area contributed by atoms with Crippen LogP contribution in [0.15, 0.2) is 164 Å². The number of benzene rings is 7. The predicted molar refractivity (Wildman–Crippen MR) is 204 cm³/mol. The summed E-state index contributed by atoms with van der Waals surface area (Å²) in [4.78, 5) is 10.7. The van der Waals surface area contributed by atoms with Crippen molar-refractivity contribution in [1.82, 2.24) is 19.1 Å². The van der Waals surface area contributed by atoms with Crippen molar-refractivity contribution in [1.29, 1.82) is 0 Å². The Hall–Kier alpha value is -6.52. The molecule has 3 aromatic heterocycles. The summed E-state index contributed by atoms with van der Waals surface area (Å²) < 4.78 is 4.64. The van der Waals surface area contributed by atoms with Gasteiger partial charge in [0.05, 0.1) is 33.3 Å². The van der Waals surface area contributed by atoms with Crippen LogP contribution in [0.3, 0.4) is 0 Å². The minimum Gasteiger partial charge on any atom is -0.309 e. The molecule has 0 bridgehead atoms. The van der Waals surface area contributed by atoms with E-state index in [2.05, 4.69) is 180 Å². The van der Waals surface area contributed by atoms with E-state index in [0.29, 0.717) is 5.95 Å². The van der Waals surface area contributed by atoms with E-state index < -0.39 is 0 Å². The second-order valence-electron chi connectivity index (χ2n) is 12.7. The molecule has 3 heterocycles. The summed E-state index contributed by atoms with van der Waals surface area (Å²) in [6, 6.07) is 58.2. The van der Waals surface area contributed by atoms with Crippen LogP contribution in [0.4, 0.5) is 0 Å².